The van der Waals surface area contributed by atoms with E-state index in [1.54, 1.807) is 18.3 Å². The van der Waals surface area contributed by atoms with Gasteiger partial charge in [0.15, 0.2) is 5.78 Å². The molecule has 2 heterocycles. The van der Waals surface area contributed by atoms with Crippen molar-refractivity contribution in [2.45, 2.75) is 29.4 Å². The maximum absolute atomic E-state index is 13.2. The van der Waals surface area contributed by atoms with Gasteiger partial charge in [-0.3, -0.25) is 9.59 Å². The predicted octanol–water partition coefficient (Wildman–Crippen LogP) is 3.91. The van der Waals surface area contributed by atoms with Gasteiger partial charge in [-0.25, -0.2) is 18.2 Å². The topological polar surface area (TPSA) is 146 Å². The quantitative estimate of drug-likeness (QED) is 0.372. The molecule has 0 aliphatic carbocycles. The molecule has 4 aromatic rings. The average Bonchev–Trinajstić information content (AvgIpc) is 3.36. The van der Waals surface area contributed by atoms with E-state index in [0.29, 0.717) is 5.01 Å². The van der Waals surface area contributed by atoms with Gasteiger partial charge in [0, 0.05) is 34.2 Å². The van der Waals surface area contributed by atoms with Gasteiger partial charge in [-0.05, 0) is 35.4 Å². The summed E-state index contributed by atoms with van der Waals surface area (Å²) in [6, 6.07) is 17.7. The highest BCUT2D eigenvalue weighted by Crippen LogP contribution is 2.32. The Morgan fingerprint density at radius 1 is 1.00 bits per heavy atom. The van der Waals surface area contributed by atoms with Crippen LogP contribution in [0.25, 0.3) is 10.6 Å². The second kappa shape index (κ2) is 10.2. The fraction of sp³-hybridized carbons (Fsp3) is 0.111. The van der Waals surface area contributed by atoms with Crippen LogP contribution in [0.2, 0.25) is 0 Å². The van der Waals surface area contributed by atoms with Gasteiger partial charge in [0.05, 0.1) is 16.3 Å². The minimum absolute atomic E-state index is 0.0127. The fourth-order valence-electron chi connectivity index (χ4n) is 4.23. The molecule has 0 bridgehead atoms. The van der Waals surface area contributed by atoms with Crippen molar-refractivity contribution in [1.29, 1.82) is 0 Å². The van der Waals surface area contributed by atoms with Crippen LogP contribution >= 0.6 is 11.3 Å². The van der Waals surface area contributed by atoms with Crippen LogP contribution in [0.5, 0.6) is 0 Å². The predicted molar refractivity (Wildman–Crippen MR) is 139 cm³/mol. The highest BCUT2D eigenvalue weighted by atomic mass is 32.2. The van der Waals surface area contributed by atoms with Gasteiger partial charge in [-0.15, -0.1) is 11.3 Å². The Hall–Kier alpha value is -4.35. The van der Waals surface area contributed by atoms with Gasteiger partial charge in [-0.1, -0.05) is 42.5 Å². The molecular weight excluding hydrogens is 526 g/mol. The van der Waals surface area contributed by atoms with Crippen LogP contribution in [-0.4, -0.2) is 31.2 Å². The number of rotatable bonds is 6. The Balaban J connectivity index is 1.32. The Kier molecular flexibility index (Phi) is 6.79. The van der Waals surface area contributed by atoms with Crippen molar-refractivity contribution in [3.63, 3.8) is 0 Å². The third-order valence-electron chi connectivity index (χ3n) is 6.03. The van der Waals surface area contributed by atoms with E-state index in [-0.39, 0.29) is 51.8 Å². The summed E-state index contributed by atoms with van der Waals surface area (Å²) in [6.07, 6.45) is 0.654. The van der Waals surface area contributed by atoms with Gasteiger partial charge in [0.1, 0.15) is 11.6 Å². The number of carbonyl (C=O) groups is 3. The minimum Gasteiger partial charge on any atom is -0.445 e. The normalized spacial score (nSPS) is 13.6. The summed E-state index contributed by atoms with van der Waals surface area (Å²) < 4.78 is 31.3. The van der Waals surface area contributed by atoms with Crippen molar-refractivity contribution in [2.75, 3.05) is 0 Å². The van der Waals surface area contributed by atoms with Crippen molar-refractivity contribution in [1.82, 2.24) is 10.3 Å². The number of hydrogen-bond acceptors (Lipinski definition) is 8. The third-order valence-corrected chi connectivity index (χ3v) is 8.98. The van der Waals surface area contributed by atoms with Crippen molar-refractivity contribution < 1.29 is 27.5 Å². The first-order valence-electron chi connectivity index (χ1n) is 11.5. The number of carbonyl (C=O) groups excluding carboxylic acids is 3. The number of primary amides is 1. The zero-order valence-corrected chi connectivity index (χ0v) is 21.5. The molecule has 1 aliphatic rings. The largest absolute Gasteiger partial charge is 0.445 e. The molecule has 0 spiro atoms. The Labute approximate surface area is 222 Å². The lowest BCUT2D eigenvalue weighted by Crippen LogP contribution is -2.22. The van der Waals surface area contributed by atoms with Crippen LogP contribution in [-0.2, 0) is 34.1 Å². The first kappa shape index (κ1) is 25.3. The number of fused-ring (bicyclic) bond motifs is 2. The van der Waals surface area contributed by atoms with Gasteiger partial charge in [-0.2, -0.15) is 0 Å². The summed E-state index contributed by atoms with van der Waals surface area (Å²) in [5.41, 5.74) is 7.29. The van der Waals surface area contributed by atoms with Crippen LogP contribution in [0.4, 0.5) is 4.79 Å². The van der Waals surface area contributed by atoms with Crippen molar-refractivity contribution in [2.24, 2.45) is 5.73 Å². The van der Waals surface area contributed by atoms with Crippen molar-refractivity contribution in [3.8, 4) is 10.6 Å². The van der Waals surface area contributed by atoms with Crippen LogP contribution in [0, 0.1) is 0 Å². The molecule has 1 aliphatic heterocycles. The number of benzene rings is 3. The number of ketones is 1. The summed E-state index contributed by atoms with van der Waals surface area (Å²) >= 11 is 1.37. The Morgan fingerprint density at radius 2 is 1.74 bits per heavy atom. The molecule has 0 radical (unpaired) electrons. The molecule has 192 valence electrons. The second-order valence-corrected chi connectivity index (χ2v) is 11.5. The summed E-state index contributed by atoms with van der Waals surface area (Å²) in [7, 11) is -3.90. The summed E-state index contributed by atoms with van der Waals surface area (Å²) in [5.74, 6) is -0.733. The Bertz CT molecular complexity index is 1690. The molecule has 9 nitrogen and oxygen atoms in total. The van der Waals surface area contributed by atoms with Crippen LogP contribution < -0.4 is 11.1 Å². The lowest BCUT2D eigenvalue weighted by Gasteiger charge is -2.10. The maximum Gasteiger partial charge on any atom is 0.404 e. The molecule has 2 amide bonds. The summed E-state index contributed by atoms with van der Waals surface area (Å²) in [4.78, 5) is 41.9. The average molecular weight is 548 g/mol. The number of nitrogens with zero attached hydrogens (tertiary/aromatic N) is 1. The molecule has 38 heavy (non-hydrogen) atoms. The lowest BCUT2D eigenvalue weighted by atomic mass is 10.0. The minimum atomic E-state index is -3.90. The van der Waals surface area contributed by atoms with Crippen LogP contribution in [0.1, 0.15) is 36.7 Å². The van der Waals surface area contributed by atoms with E-state index < -0.39 is 21.8 Å². The van der Waals surface area contributed by atoms with Crippen molar-refractivity contribution in [3.05, 3.63) is 100 Å². The van der Waals surface area contributed by atoms with E-state index in [0.717, 1.165) is 16.0 Å². The molecule has 3 N–H and O–H groups in total. The molecule has 0 atom stereocenters. The lowest BCUT2D eigenvalue weighted by molar-refractivity contribution is 0.0948. The highest BCUT2D eigenvalue weighted by molar-refractivity contribution is 7.91. The maximum atomic E-state index is 13.2. The zero-order valence-electron chi connectivity index (χ0n) is 19.8. The Morgan fingerprint density at radius 3 is 2.53 bits per heavy atom. The van der Waals surface area contributed by atoms with Crippen LogP contribution in [0.3, 0.4) is 0 Å². The molecule has 0 saturated heterocycles. The molecular formula is C27H21N3O6S2. The van der Waals surface area contributed by atoms with E-state index >= 15 is 0 Å². The number of nitrogens with one attached hydrogen (secondary N) is 1. The number of sulfone groups is 1. The molecule has 11 heteroatoms. The number of hydrogen-bond donors (Lipinski definition) is 2. The zero-order chi connectivity index (χ0) is 26.9. The van der Waals surface area contributed by atoms with E-state index in [1.165, 1.54) is 41.7 Å². The standard InChI is InChI=1S/C27H21N3O6S2/c28-27(33)36-15-17-5-1-2-6-20(17)26-30-14-19(37-26)13-29-25(32)16-9-10-23-18(11-16)12-22(31)21-7-3-4-8-24(21)38(23,34)35/h1-11,14H,12-13,15H2,(H2,28,33)(H,29,32). The van der Waals surface area contributed by atoms with E-state index in [9.17, 15) is 22.8 Å². The number of nitrogens with two attached hydrogens (primary N) is 1. The van der Waals surface area contributed by atoms with Gasteiger partial charge in [0.25, 0.3) is 5.91 Å². The number of amides is 2. The molecule has 1 aromatic heterocycles. The molecule has 3 aromatic carbocycles. The van der Waals surface area contributed by atoms with E-state index in [2.05, 4.69) is 10.3 Å². The molecule has 0 unspecified atom stereocenters. The smallest absolute Gasteiger partial charge is 0.404 e. The van der Waals surface area contributed by atoms with Crippen LogP contribution in [0.15, 0.2) is 82.7 Å². The fourth-order valence-corrected chi connectivity index (χ4v) is 6.83. The van der Waals surface area contributed by atoms with Gasteiger partial charge < -0.3 is 15.8 Å². The molecule has 0 saturated carbocycles. The van der Waals surface area contributed by atoms with Gasteiger partial charge >= 0.3 is 6.09 Å². The molecule has 5 rings (SSSR count). The first-order valence-corrected chi connectivity index (χ1v) is 13.8. The number of ether oxygens (including phenoxy) is 1. The highest BCUT2D eigenvalue weighted by Gasteiger charge is 2.31. The van der Waals surface area contributed by atoms with Crippen molar-refractivity contribution >= 4 is 39.0 Å². The SMILES string of the molecule is NC(=O)OCc1ccccc1-c1ncc(CNC(=O)c2ccc3c(c2)CC(=O)c2ccccc2S3(=O)=O)s1. The monoisotopic (exact) mass is 547 g/mol. The first-order chi connectivity index (χ1) is 18.2. The number of thiazole rings is 1. The number of aromatic nitrogens is 1. The molecule has 0 fully saturated rings. The summed E-state index contributed by atoms with van der Waals surface area (Å²) in [6.45, 7) is 0.203. The van der Waals surface area contributed by atoms with E-state index in [4.69, 9.17) is 10.5 Å². The number of Topliss-reactive ketones (excluding diaryl/α,β-unsaturated/α-hetero) is 1. The van der Waals surface area contributed by atoms with E-state index in [1.807, 2.05) is 24.3 Å². The second-order valence-electron chi connectivity index (χ2n) is 8.50. The third kappa shape index (κ3) is 4.93. The van der Waals surface area contributed by atoms with Gasteiger partial charge in [0.2, 0.25) is 9.84 Å². The summed E-state index contributed by atoms with van der Waals surface area (Å²) in [5, 5.41) is 3.50.